The number of rotatable bonds is 2. The number of hydrogen-bond donors (Lipinski definition) is 0. The Hall–Kier alpha value is -3.97. The Morgan fingerprint density at radius 3 is 1.29 bits per heavy atom. The summed E-state index contributed by atoms with van der Waals surface area (Å²) in [5.41, 5.74) is 14.7. The monoisotopic (exact) mass is 445 g/mol. The smallest absolute Gasteiger partial charge is 0.246 e. The van der Waals surface area contributed by atoms with Crippen LogP contribution in [0.4, 0.5) is 17.1 Å². The van der Waals surface area contributed by atoms with E-state index in [2.05, 4.69) is 134 Å². The fourth-order valence-corrected chi connectivity index (χ4v) is 6.12. The number of para-hydroxylation sites is 3. The lowest BCUT2D eigenvalue weighted by Gasteiger charge is -2.43. The van der Waals surface area contributed by atoms with Crippen LogP contribution < -0.4 is 37.7 Å². The molecule has 35 heavy (non-hydrogen) atoms. The molecular formula is C32H25B2N. The molecule has 0 saturated carbocycles. The summed E-state index contributed by atoms with van der Waals surface area (Å²) in [6.45, 7) is 4.74. The molecule has 0 fully saturated rings. The number of hydrogen-bond acceptors (Lipinski definition) is 1. The third-order valence-corrected chi connectivity index (χ3v) is 7.74. The van der Waals surface area contributed by atoms with Crippen LogP contribution in [0, 0.1) is 13.8 Å². The standard InChI is InChI=1S/C32H25B2N/c1-22-14-18-24(19-15-22)33-26-8-3-5-12-30(26)35-31-13-6-4-9-27(31)34(25-20-16-23(2)17-21-25)29-11-7-10-28(33)32(29)35/h3-21H,1-2H3. The first kappa shape index (κ1) is 20.4. The van der Waals surface area contributed by atoms with E-state index in [-0.39, 0.29) is 13.4 Å². The second-order valence-corrected chi connectivity index (χ2v) is 9.93. The van der Waals surface area contributed by atoms with Crippen LogP contribution in [-0.2, 0) is 0 Å². The van der Waals surface area contributed by atoms with Crippen molar-refractivity contribution in [1.82, 2.24) is 0 Å². The summed E-state index contributed by atoms with van der Waals surface area (Å²) in [6, 6.07) is 43.0. The molecule has 0 aromatic heterocycles. The highest BCUT2D eigenvalue weighted by Crippen LogP contribution is 2.36. The molecule has 5 aromatic rings. The molecule has 0 amide bonds. The Balaban J connectivity index is 1.55. The number of anilines is 3. The van der Waals surface area contributed by atoms with Gasteiger partial charge in [-0.3, -0.25) is 0 Å². The van der Waals surface area contributed by atoms with Crippen LogP contribution in [0.25, 0.3) is 0 Å². The molecule has 2 aliphatic heterocycles. The van der Waals surface area contributed by atoms with Crippen molar-refractivity contribution in [3.63, 3.8) is 0 Å². The van der Waals surface area contributed by atoms with Crippen molar-refractivity contribution >= 4 is 63.3 Å². The van der Waals surface area contributed by atoms with Crippen LogP contribution in [0.5, 0.6) is 0 Å². The molecule has 0 atom stereocenters. The lowest BCUT2D eigenvalue weighted by Crippen LogP contribution is -2.64. The van der Waals surface area contributed by atoms with Gasteiger partial charge in [-0.2, -0.15) is 0 Å². The van der Waals surface area contributed by atoms with Gasteiger partial charge in [0.05, 0.1) is 0 Å². The summed E-state index contributed by atoms with van der Waals surface area (Å²) < 4.78 is 0. The Kier molecular flexibility index (Phi) is 4.54. The van der Waals surface area contributed by atoms with Gasteiger partial charge in [0.15, 0.2) is 0 Å². The van der Waals surface area contributed by atoms with Gasteiger partial charge in [-0.25, -0.2) is 0 Å². The van der Waals surface area contributed by atoms with E-state index in [1.807, 2.05) is 0 Å². The highest BCUT2D eigenvalue weighted by Gasteiger charge is 2.42. The van der Waals surface area contributed by atoms with Crippen molar-refractivity contribution in [2.45, 2.75) is 13.8 Å². The van der Waals surface area contributed by atoms with Crippen molar-refractivity contribution in [2.24, 2.45) is 0 Å². The van der Waals surface area contributed by atoms with E-state index in [1.54, 1.807) is 0 Å². The molecule has 2 heterocycles. The van der Waals surface area contributed by atoms with Gasteiger partial charge in [0.25, 0.3) is 0 Å². The zero-order valence-electron chi connectivity index (χ0n) is 20.1. The summed E-state index contributed by atoms with van der Waals surface area (Å²) in [7, 11) is 0. The van der Waals surface area contributed by atoms with E-state index in [0.29, 0.717) is 0 Å². The molecule has 0 unspecified atom stereocenters. The van der Waals surface area contributed by atoms with Gasteiger partial charge in [-0.05, 0) is 47.8 Å². The molecular weight excluding hydrogens is 420 g/mol. The van der Waals surface area contributed by atoms with Gasteiger partial charge >= 0.3 is 0 Å². The van der Waals surface area contributed by atoms with Crippen LogP contribution in [0.1, 0.15) is 11.1 Å². The lowest BCUT2D eigenvalue weighted by molar-refractivity contribution is 1.30. The van der Waals surface area contributed by atoms with E-state index in [4.69, 9.17) is 0 Å². The molecule has 0 saturated heterocycles. The zero-order chi connectivity index (χ0) is 23.5. The fourth-order valence-electron chi connectivity index (χ4n) is 6.12. The Labute approximate surface area is 208 Å². The lowest BCUT2D eigenvalue weighted by atomic mass is 9.30. The van der Waals surface area contributed by atoms with Crippen LogP contribution in [0.15, 0.2) is 115 Å². The topological polar surface area (TPSA) is 3.24 Å². The summed E-state index contributed by atoms with van der Waals surface area (Å²) >= 11 is 0. The molecule has 7 rings (SSSR count). The molecule has 164 valence electrons. The van der Waals surface area contributed by atoms with Crippen LogP contribution in [0.3, 0.4) is 0 Å². The number of fused-ring (bicyclic) bond motifs is 4. The molecule has 0 radical (unpaired) electrons. The summed E-state index contributed by atoms with van der Waals surface area (Å²) in [5.74, 6) is 0. The summed E-state index contributed by atoms with van der Waals surface area (Å²) in [4.78, 5) is 2.52. The Morgan fingerprint density at radius 1 is 0.429 bits per heavy atom. The van der Waals surface area contributed by atoms with Crippen molar-refractivity contribution in [2.75, 3.05) is 4.90 Å². The van der Waals surface area contributed by atoms with E-state index in [1.165, 1.54) is 61.0 Å². The molecule has 0 bridgehead atoms. The van der Waals surface area contributed by atoms with Crippen molar-refractivity contribution in [3.05, 3.63) is 126 Å². The maximum Gasteiger partial charge on any atom is 0.246 e. The molecule has 3 heteroatoms. The third-order valence-electron chi connectivity index (χ3n) is 7.74. The number of aryl methyl sites for hydroxylation is 2. The SMILES string of the molecule is Cc1ccc(B2c3ccccc3N3c4ccccc4B(c4ccc(C)cc4)c4cccc2c43)cc1. The highest BCUT2D eigenvalue weighted by molar-refractivity contribution is 7.02. The van der Waals surface area contributed by atoms with Gasteiger partial charge in [-0.15, -0.1) is 0 Å². The number of benzene rings is 5. The predicted octanol–water partition coefficient (Wildman–Crippen LogP) is 3.43. The average molecular weight is 445 g/mol. The normalized spacial score (nSPS) is 13.3. The third kappa shape index (κ3) is 3.04. The minimum absolute atomic E-state index is 0.210. The molecule has 0 N–H and O–H groups in total. The Morgan fingerprint density at radius 2 is 0.829 bits per heavy atom. The molecule has 0 aliphatic carbocycles. The maximum atomic E-state index is 2.52. The van der Waals surface area contributed by atoms with Crippen LogP contribution in [0.2, 0.25) is 0 Å². The van der Waals surface area contributed by atoms with Crippen LogP contribution >= 0.6 is 0 Å². The van der Waals surface area contributed by atoms with Crippen LogP contribution in [-0.4, -0.2) is 13.4 Å². The van der Waals surface area contributed by atoms with E-state index >= 15 is 0 Å². The maximum absolute atomic E-state index is 2.52. The second kappa shape index (κ2) is 7.78. The summed E-state index contributed by atoms with van der Waals surface area (Å²) in [5, 5.41) is 0. The summed E-state index contributed by atoms with van der Waals surface area (Å²) in [6.07, 6.45) is 0. The Bertz CT molecular complexity index is 1460. The predicted molar refractivity (Wildman–Crippen MR) is 153 cm³/mol. The van der Waals surface area contributed by atoms with Gasteiger partial charge < -0.3 is 4.90 Å². The highest BCUT2D eigenvalue weighted by atomic mass is 15.2. The minimum atomic E-state index is 0.210. The minimum Gasteiger partial charge on any atom is -0.313 e. The van der Waals surface area contributed by atoms with Crippen molar-refractivity contribution in [1.29, 1.82) is 0 Å². The van der Waals surface area contributed by atoms with Crippen molar-refractivity contribution < 1.29 is 0 Å². The van der Waals surface area contributed by atoms with Gasteiger partial charge in [0, 0.05) is 17.1 Å². The molecule has 2 aliphatic rings. The average Bonchev–Trinajstić information content (AvgIpc) is 2.90. The second-order valence-electron chi connectivity index (χ2n) is 9.93. The first-order valence-electron chi connectivity index (χ1n) is 12.4. The van der Waals surface area contributed by atoms with Crippen molar-refractivity contribution in [3.8, 4) is 0 Å². The van der Waals surface area contributed by atoms with Gasteiger partial charge in [0.2, 0.25) is 13.4 Å². The molecule has 5 aromatic carbocycles. The fraction of sp³-hybridized carbons (Fsp3) is 0.0625. The van der Waals surface area contributed by atoms with E-state index in [0.717, 1.165) is 0 Å². The molecule has 0 spiro atoms. The number of nitrogens with zero attached hydrogens (tertiary/aromatic N) is 1. The first-order chi connectivity index (χ1) is 17.2. The largest absolute Gasteiger partial charge is 0.313 e. The quantitative estimate of drug-likeness (QED) is 0.369. The molecule has 1 nitrogen and oxygen atoms in total. The van der Waals surface area contributed by atoms with Gasteiger partial charge in [0.1, 0.15) is 0 Å². The van der Waals surface area contributed by atoms with Gasteiger partial charge in [-0.1, -0.05) is 125 Å². The zero-order valence-corrected chi connectivity index (χ0v) is 20.1. The first-order valence-corrected chi connectivity index (χ1v) is 12.4. The van der Waals surface area contributed by atoms with E-state index < -0.39 is 0 Å². The van der Waals surface area contributed by atoms with E-state index in [9.17, 15) is 0 Å².